The van der Waals surface area contributed by atoms with E-state index in [1.54, 1.807) is 0 Å². The zero-order valence-electron chi connectivity index (χ0n) is 20.0. The highest BCUT2D eigenvalue weighted by molar-refractivity contribution is 8.03. The van der Waals surface area contributed by atoms with Crippen molar-refractivity contribution in [3.8, 4) is 11.8 Å². The minimum Gasteiger partial charge on any atom is -0.489 e. The molecule has 36 heavy (non-hydrogen) atoms. The van der Waals surface area contributed by atoms with E-state index < -0.39 is 0 Å². The van der Waals surface area contributed by atoms with Crippen molar-refractivity contribution < 1.29 is 14.3 Å². The number of benzene rings is 3. The van der Waals surface area contributed by atoms with Crippen LogP contribution in [0.5, 0.6) is 5.75 Å². The van der Waals surface area contributed by atoms with Crippen molar-refractivity contribution in [3.05, 3.63) is 106 Å². The minimum absolute atomic E-state index is 0.0812. The van der Waals surface area contributed by atoms with E-state index >= 15 is 0 Å². The third-order valence-corrected chi connectivity index (χ3v) is 6.92. The lowest BCUT2D eigenvalue weighted by Crippen LogP contribution is -2.31. The van der Waals surface area contributed by atoms with Crippen molar-refractivity contribution in [2.24, 2.45) is 0 Å². The van der Waals surface area contributed by atoms with Gasteiger partial charge in [-0.25, -0.2) is 0 Å². The molecule has 0 radical (unpaired) electrons. The van der Waals surface area contributed by atoms with Gasteiger partial charge in [-0.2, -0.15) is 5.26 Å². The van der Waals surface area contributed by atoms with Gasteiger partial charge in [0.15, 0.2) is 0 Å². The molecule has 0 aromatic heterocycles. The molecule has 1 heterocycles. The summed E-state index contributed by atoms with van der Waals surface area (Å²) in [6, 6.07) is 27.3. The average Bonchev–Trinajstić information content (AvgIpc) is 2.91. The Morgan fingerprint density at radius 1 is 1.08 bits per heavy atom. The van der Waals surface area contributed by atoms with Crippen LogP contribution < -0.4 is 15.4 Å². The van der Waals surface area contributed by atoms with Crippen LogP contribution in [0.2, 0.25) is 0 Å². The van der Waals surface area contributed by atoms with Gasteiger partial charge in [0, 0.05) is 18.0 Å². The number of amides is 2. The van der Waals surface area contributed by atoms with Gasteiger partial charge in [-0.1, -0.05) is 79.3 Å². The first-order valence-electron chi connectivity index (χ1n) is 11.8. The molecule has 0 fully saturated rings. The van der Waals surface area contributed by atoms with Gasteiger partial charge in [-0.15, -0.1) is 0 Å². The first-order valence-corrected chi connectivity index (χ1v) is 12.8. The van der Waals surface area contributed by atoms with Gasteiger partial charge in [0.1, 0.15) is 12.4 Å². The summed E-state index contributed by atoms with van der Waals surface area (Å²) >= 11 is 1.17. The number of rotatable bonds is 9. The number of nitriles is 1. The molecular formula is C29H27N3O3S. The molecule has 2 N–H and O–H groups in total. The average molecular weight is 498 g/mol. The van der Waals surface area contributed by atoms with Crippen LogP contribution in [0.4, 0.5) is 5.69 Å². The van der Waals surface area contributed by atoms with Crippen molar-refractivity contribution in [2.75, 3.05) is 11.1 Å². The molecule has 0 unspecified atom stereocenters. The lowest BCUT2D eigenvalue weighted by Gasteiger charge is -2.25. The van der Waals surface area contributed by atoms with Gasteiger partial charge in [-0.3, -0.25) is 9.59 Å². The van der Waals surface area contributed by atoms with E-state index in [1.165, 1.54) is 11.8 Å². The maximum absolute atomic E-state index is 12.6. The molecule has 6 nitrogen and oxygen atoms in total. The fraction of sp³-hybridized carbons (Fsp3) is 0.207. The highest BCUT2D eigenvalue weighted by Crippen LogP contribution is 2.36. The smallest absolute Gasteiger partial charge is 0.234 e. The minimum atomic E-state index is -0.377. The molecule has 1 atom stereocenters. The quantitative estimate of drug-likeness (QED) is 0.405. The third-order valence-electron chi connectivity index (χ3n) is 5.91. The summed E-state index contributed by atoms with van der Waals surface area (Å²) < 4.78 is 5.86. The Bertz CT molecular complexity index is 1300. The van der Waals surface area contributed by atoms with Crippen LogP contribution in [0, 0.1) is 11.3 Å². The lowest BCUT2D eigenvalue weighted by molar-refractivity contribution is -0.121. The monoisotopic (exact) mass is 497 g/mol. The van der Waals surface area contributed by atoms with Crippen LogP contribution in [-0.2, 0) is 22.6 Å². The van der Waals surface area contributed by atoms with E-state index in [0.29, 0.717) is 23.0 Å². The summed E-state index contributed by atoms with van der Waals surface area (Å²) in [7, 11) is 0. The summed E-state index contributed by atoms with van der Waals surface area (Å²) in [5.74, 6) is 0.0459. The number of para-hydroxylation sites is 1. The number of allylic oxidation sites excluding steroid dienone is 1. The molecule has 3 aromatic carbocycles. The summed E-state index contributed by atoms with van der Waals surface area (Å²) in [5, 5.41) is 16.1. The van der Waals surface area contributed by atoms with Crippen LogP contribution in [-0.4, -0.2) is 17.6 Å². The number of nitrogens with one attached hydrogen (secondary N) is 2. The molecule has 0 saturated heterocycles. The second-order valence-corrected chi connectivity index (χ2v) is 9.34. The second kappa shape index (κ2) is 12.1. The predicted octanol–water partition coefficient (Wildman–Crippen LogP) is 5.54. The first-order chi connectivity index (χ1) is 17.6. The molecular weight excluding hydrogens is 470 g/mol. The topological polar surface area (TPSA) is 91.2 Å². The first kappa shape index (κ1) is 25.1. The Kier molecular flexibility index (Phi) is 8.43. The molecule has 2 amide bonds. The maximum Gasteiger partial charge on any atom is 0.234 e. The Labute approximate surface area is 215 Å². The fourth-order valence-electron chi connectivity index (χ4n) is 4.03. The number of nitrogens with zero attached hydrogens (tertiary/aromatic N) is 1. The van der Waals surface area contributed by atoms with Gasteiger partial charge in [0.05, 0.1) is 22.4 Å². The van der Waals surface area contributed by atoms with E-state index in [-0.39, 0.29) is 29.9 Å². The normalized spacial score (nSPS) is 15.1. The number of hydrogen-bond acceptors (Lipinski definition) is 5. The van der Waals surface area contributed by atoms with Crippen molar-refractivity contribution in [3.63, 3.8) is 0 Å². The number of anilines is 1. The Balaban J connectivity index is 1.43. The zero-order valence-corrected chi connectivity index (χ0v) is 20.8. The second-order valence-electron chi connectivity index (χ2n) is 8.35. The number of hydrogen-bond donors (Lipinski definition) is 2. The van der Waals surface area contributed by atoms with Crippen molar-refractivity contribution in [1.82, 2.24) is 5.32 Å². The standard InChI is InChI=1S/C29H27N3O3S/c1-2-21-10-6-7-11-26(21)31-28(34)19-36-29-25(17-30)24(16-27(33)32-29)22-12-14-23(15-13-22)35-18-20-8-4-3-5-9-20/h3-15,24H,2,16,18-19H2,1H3,(H,31,34)(H,32,33)/t24-/m0/s1. The SMILES string of the molecule is CCc1ccccc1NC(=O)CSC1=C(C#N)[C@H](c2ccc(OCc3ccccc3)cc2)CC(=O)N1. The summed E-state index contributed by atoms with van der Waals surface area (Å²) in [4.78, 5) is 25.1. The molecule has 0 spiro atoms. The lowest BCUT2D eigenvalue weighted by atomic mass is 9.87. The van der Waals surface area contributed by atoms with E-state index in [4.69, 9.17) is 4.74 Å². The molecule has 0 bridgehead atoms. The Hall–Kier alpha value is -4.02. The summed E-state index contributed by atoms with van der Waals surface area (Å²) in [6.45, 7) is 2.49. The maximum atomic E-state index is 12.6. The number of carbonyl (C=O) groups excluding carboxylic acids is 2. The van der Waals surface area contributed by atoms with Gasteiger partial charge >= 0.3 is 0 Å². The van der Waals surface area contributed by atoms with Crippen molar-refractivity contribution in [1.29, 1.82) is 5.26 Å². The Morgan fingerprint density at radius 2 is 1.81 bits per heavy atom. The fourth-order valence-corrected chi connectivity index (χ4v) is 4.91. The van der Waals surface area contributed by atoms with Gasteiger partial charge in [0.2, 0.25) is 11.8 Å². The van der Waals surface area contributed by atoms with Gasteiger partial charge in [0.25, 0.3) is 0 Å². The molecule has 0 aliphatic carbocycles. The highest BCUT2D eigenvalue weighted by atomic mass is 32.2. The largest absolute Gasteiger partial charge is 0.489 e. The van der Waals surface area contributed by atoms with Crippen LogP contribution in [0.25, 0.3) is 0 Å². The van der Waals surface area contributed by atoms with Crippen LogP contribution in [0.1, 0.15) is 36.0 Å². The predicted molar refractivity (Wildman–Crippen MR) is 142 cm³/mol. The van der Waals surface area contributed by atoms with Crippen molar-refractivity contribution >= 4 is 29.3 Å². The van der Waals surface area contributed by atoms with Crippen LogP contribution in [0.3, 0.4) is 0 Å². The molecule has 1 aliphatic heterocycles. The molecule has 1 aliphatic rings. The molecule has 3 aromatic rings. The molecule has 4 rings (SSSR count). The Morgan fingerprint density at radius 3 is 2.53 bits per heavy atom. The summed E-state index contributed by atoms with van der Waals surface area (Å²) in [5.41, 5.74) is 4.21. The van der Waals surface area contributed by atoms with Crippen molar-refractivity contribution in [2.45, 2.75) is 32.3 Å². The summed E-state index contributed by atoms with van der Waals surface area (Å²) in [6.07, 6.45) is 0.981. The van der Waals surface area contributed by atoms with E-state index in [0.717, 1.165) is 28.8 Å². The number of ether oxygens (including phenoxy) is 1. The zero-order chi connectivity index (χ0) is 25.3. The molecule has 182 valence electrons. The number of thioether (sulfide) groups is 1. The number of carbonyl (C=O) groups is 2. The number of aryl methyl sites for hydroxylation is 1. The van der Waals surface area contributed by atoms with Gasteiger partial charge in [-0.05, 0) is 41.3 Å². The van der Waals surface area contributed by atoms with Crippen LogP contribution >= 0.6 is 11.8 Å². The molecule has 0 saturated carbocycles. The molecule has 7 heteroatoms. The van der Waals surface area contributed by atoms with E-state index in [9.17, 15) is 14.9 Å². The van der Waals surface area contributed by atoms with Crippen LogP contribution in [0.15, 0.2) is 89.5 Å². The van der Waals surface area contributed by atoms with E-state index in [1.807, 2.05) is 85.8 Å². The van der Waals surface area contributed by atoms with E-state index in [2.05, 4.69) is 16.7 Å². The van der Waals surface area contributed by atoms with Gasteiger partial charge < -0.3 is 15.4 Å². The highest BCUT2D eigenvalue weighted by Gasteiger charge is 2.30. The third kappa shape index (κ3) is 6.35.